The van der Waals surface area contributed by atoms with E-state index in [0.717, 1.165) is 0 Å². The molecule has 4 aromatic heterocycles. The molecule has 33 heavy (non-hydrogen) atoms. The van der Waals surface area contributed by atoms with E-state index < -0.39 is 5.91 Å². The molecule has 4 aromatic rings. The summed E-state index contributed by atoms with van der Waals surface area (Å²) in [6.07, 6.45) is 9.24. The van der Waals surface area contributed by atoms with E-state index in [1.54, 1.807) is 18.5 Å². The maximum absolute atomic E-state index is 13.3. The van der Waals surface area contributed by atoms with E-state index in [0.29, 0.717) is 52.6 Å². The number of hydrogen-bond donors (Lipinski definition) is 1. The summed E-state index contributed by atoms with van der Waals surface area (Å²) in [5, 5.41) is 3.39. The molecule has 0 aliphatic carbocycles. The van der Waals surface area contributed by atoms with Gasteiger partial charge in [-0.3, -0.25) is 14.6 Å². The van der Waals surface area contributed by atoms with Crippen molar-refractivity contribution in [3.8, 4) is 11.5 Å². The highest BCUT2D eigenvalue weighted by Gasteiger charge is 2.21. The van der Waals surface area contributed by atoms with Crippen molar-refractivity contribution >= 4 is 28.4 Å². The molecule has 10 nitrogen and oxygen atoms in total. The molecular weight excluding hydrogens is 424 g/mol. The Kier molecular flexibility index (Phi) is 5.17. The number of amides is 1. The Bertz CT molecular complexity index is 1380. The number of aromatic nitrogens is 5. The predicted octanol–water partition coefficient (Wildman–Crippen LogP) is 3.06. The number of ketones is 1. The van der Waals surface area contributed by atoms with Crippen LogP contribution in [-0.2, 0) is 0 Å². The number of ether oxygens (including phenoxy) is 2. The normalized spacial score (nSPS) is 12.7. The van der Waals surface area contributed by atoms with E-state index in [4.69, 9.17) is 9.47 Å². The monoisotopic (exact) mass is 444 g/mol. The molecule has 1 aliphatic heterocycles. The van der Waals surface area contributed by atoms with Gasteiger partial charge in [-0.15, -0.1) is 0 Å². The third-order valence-electron chi connectivity index (χ3n) is 5.22. The maximum Gasteiger partial charge on any atom is 0.274 e. The van der Waals surface area contributed by atoms with Gasteiger partial charge in [0.25, 0.3) is 5.91 Å². The van der Waals surface area contributed by atoms with Crippen molar-refractivity contribution in [1.82, 2.24) is 24.5 Å². The first-order valence-electron chi connectivity index (χ1n) is 10.4. The molecule has 5 rings (SSSR count). The molecule has 166 valence electrons. The number of pyridine rings is 2. The fourth-order valence-corrected chi connectivity index (χ4v) is 3.62. The topological polar surface area (TPSA) is 121 Å². The number of nitrogens with zero attached hydrogens (tertiary/aromatic N) is 5. The Morgan fingerprint density at radius 1 is 1.00 bits per heavy atom. The second-order valence-electron chi connectivity index (χ2n) is 7.76. The summed E-state index contributed by atoms with van der Waals surface area (Å²) in [7, 11) is 0. The molecule has 1 N–H and O–H groups in total. The van der Waals surface area contributed by atoms with Gasteiger partial charge in [-0.05, 0) is 19.9 Å². The zero-order valence-corrected chi connectivity index (χ0v) is 18.0. The molecule has 0 aromatic carbocycles. The van der Waals surface area contributed by atoms with E-state index in [1.807, 2.05) is 18.4 Å². The van der Waals surface area contributed by atoms with Crippen LogP contribution >= 0.6 is 0 Å². The van der Waals surface area contributed by atoms with E-state index in [1.165, 1.54) is 31.0 Å². The first kappa shape index (κ1) is 20.6. The summed E-state index contributed by atoms with van der Waals surface area (Å²) < 4.78 is 12.9. The fraction of sp³-hybridized carbons (Fsp3) is 0.217. The molecule has 0 fully saturated rings. The van der Waals surface area contributed by atoms with Gasteiger partial charge >= 0.3 is 0 Å². The Balaban J connectivity index is 1.41. The number of carbonyl (C=O) groups is 2. The zero-order valence-electron chi connectivity index (χ0n) is 18.0. The van der Waals surface area contributed by atoms with E-state index in [-0.39, 0.29) is 17.5 Å². The van der Waals surface area contributed by atoms with Crippen LogP contribution in [0, 0.1) is 0 Å². The summed E-state index contributed by atoms with van der Waals surface area (Å²) in [6, 6.07) is 3.21. The summed E-state index contributed by atoms with van der Waals surface area (Å²) in [5.74, 6) is 0.266. The number of anilines is 1. The first-order valence-corrected chi connectivity index (χ1v) is 10.4. The lowest BCUT2D eigenvalue weighted by Crippen LogP contribution is -2.18. The fourth-order valence-electron chi connectivity index (χ4n) is 3.62. The molecule has 5 heterocycles. The molecule has 0 radical (unpaired) electrons. The second kappa shape index (κ2) is 8.30. The Morgan fingerprint density at radius 2 is 1.82 bits per heavy atom. The van der Waals surface area contributed by atoms with E-state index in [2.05, 4.69) is 25.3 Å². The van der Waals surface area contributed by atoms with Gasteiger partial charge in [0.1, 0.15) is 30.9 Å². The van der Waals surface area contributed by atoms with Gasteiger partial charge in [0.15, 0.2) is 17.3 Å². The molecule has 0 bridgehead atoms. The van der Waals surface area contributed by atoms with Crippen LogP contribution in [0.5, 0.6) is 11.5 Å². The maximum atomic E-state index is 13.3. The van der Waals surface area contributed by atoms with E-state index in [9.17, 15) is 9.59 Å². The average Bonchev–Trinajstić information content (AvgIpc) is 3.23. The highest BCUT2D eigenvalue weighted by atomic mass is 16.6. The molecule has 10 heteroatoms. The Labute approximate surface area is 188 Å². The van der Waals surface area contributed by atoms with Gasteiger partial charge in [0.2, 0.25) is 0 Å². The van der Waals surface area contributed by atoms with Crippen molar-refractivity contribution in [2.24, 2.45) is 0 Å². The van der Waals surface area contributed by atoms with Gasteiger partial charge in [0.05, 0.1) is 23.6 Å². The first-order chi connectivity index (χ1) is 16.0. The quantitative estimate of drug-likeness (QED) is 0.466. The van der Waals surface area contributed by atoms with Crippen LogP contribution in [0.3, 0.4) is 0 Å². The third kappa shape index (κ3) is 3.86. The minimum absolute atomic E-state index is 0.117. The highest BCUT2D eigenvalue weighted by Crippen LogP contribution is 2.30. The molecular formula is C23H20N6O4. The van der Waals surface area contributed by atoms with Crippen molar-refractivity contribution in [3.63, 3.8) is 0 Å². The van der Waals surface area contributed by atoms with Crippen LogP contribution in [0.15, 0.2) is 49.4 Å². The largest absolute Gasteiger partial charge is 0.486 e. The van der Waals surface area contributed by atoms with Crippen LogP contribution in [-0.4, -0.2) is 49.4 Å². The van der Waals surface area contributed by atoms with Crippen molar-refractivity contribution in [2.75, 3.05) is 18.5 Å². The van der Waals surface area contributed by atoms with Gasteiger partial charge in [-0.25, -0.2) is 15.0 Å². The smallest absolute Gasteiger partial charge is 0.274 e. The van der Waals surface area contributed by atoms with Crippen LogP contribution in [0.4, 0.5) is 5.69 Å². The number of fused-ring (bicyclic) bond motifs is 2. The summed E-state index contributed by atoms with van der Waals surface area (Å²) in [6.45, 7) is 4.87. The van der Waals surface area contributed by atoms with Crippen molar-refractivity contribution in [2.45, 2.75) is 19.9 Å². The van der Waals surface area contributed by atoms with Gasteiger partial charge in [0, 0.05) is 41.6 Å². The Morgan fingerprint density at radius 3 is 2.64 bits per heavy atom. The molecule has 0 unspecified atom stereocenters. The average molecular weight is 444 g/mol. The lowest BCUT2D eigenvalue weighted by molar-refractivity contribution is 0.101. The van der Waals surface area contributed by atoms with Gasteiger partial charge in [-0.1, -0.05) is 0 Å². The molecule has 0 saturated heterocycles. The second-order valence-corrected chi connectivity index (χ2v) is 7.76. The minimum Gasteiger partial charge on any atom is -0.486 e. The van der Waals surface area contributed by atoms with Gasteiger partial charge in [-0.2, -0.15) is 0 Å². The standard InChI is InChI=1S/C23H20N6O4/c1-13(2)29-11-17(16-9-25-12-27-22(16)29)21(30)14-5-15(8-24-7-14)28-23(31)18-6-19-20(10-26-18)33-4-3-32-19/h5-13H,3-4H2,1-2H3,(H,28,31). The molecule has 0 spiro atoms. The van der Waals surface area contributed by atoms with Crippen molar-refractivity contribution < 1.29 is 19.1 Å². The van der Waals surface area contributed by atoms with Crippen molar-refractivity contribution in [1.29, 1.82) is 0 Å². The lowest BCUT2D eigenvalue weighted by Gasteiger charge is -2.18. The third-order valence-corrected chi connectivity index (χ3v) is 5.22. The lowest BCUT2D eigenvalue weighted by atomic mass is 10.1. The number of rotatable bonds is 5. The summed E-state index contributed by atoms with van der Waals surface area (Å²) >= 11 is 0. The minimum atomic E-state index is -0.455. The molecule has 1 amide bonds. The highest BCUT2D eigenvalue weighted by molar-refractivity contribution is 6.16. The van der Waals surface area contributed by atoms with E-state index >= 15 is 0 Å². The van der Waals surface area contributed by atoms with Crippen LogP contribution < -0.4 is 14.8 Å². The molecule has 0 saturated carbocycles. The Hall–Kier alpha value is -4.34. The number of carbonyl (C=O) groups excluding carboxylic acids is 2. The molecule has 1 aliphatic rings. The summed E-state index contributed by atoms with van der Waals surface area (Å²) in [5.41, 5.74) is 2.01. The summed E-state index contributed by atoms with van der Waals surface area (Å²) in [4.78, 5) is 42.6. The van der Waals surface area contributed by atoms with Crippen LogP contribution in [0.25, 0.3) is 11.0 Å². The predicted molar refractivity (Wildman–Crippen MR) is 119 cm³/mol. The SMILES string of the molecule is CC(C)n1cc(C(=O)c2cncc(NC(=O)c3cc4c(cn3)OCCO4)c2)c2cncnc21. The number of nitrogens with one attached hydrogen (secondary N) is 1. The number of hydrogen-bond acceptors (Lipinski definition) is 8. The van der Waals surface area contributed by atoms with Crippen LogP contribution in [0.2, 0.25) is 0 Å². The molecule has 0 atom stereocenters. The van der Waals surface area contributed by atoms with Gasteiger partial charge < -0.3 is 19.4 Å². The van der Waals surface area contributed by atoms with Crippen LogP contribution in [0.1, 0.15) is 46.3 Å². The van der Waals surface area contributed by atoms with Crippen molar-refractivity contribution in [3.05, 3.63) is 66.3 Å². The zero-order chi connectivity index (χ0) is 22.9.